The van der Waals surface area contributed by atoms with E-state index >= 15 is 0 Å². The van der Waals surface area contributed by atoms with Crippen molar-refractivity contribution >= 4 is 15.9 Å². The summed E-state index contributed by atoms with van der Waals surface area (Å²) in [5.74, 6) is 0.913. The van der Waals surface area contributed by atoms with Crippen LogP contribution in [0.5, 0.6) is 0 Å². The van der Waals surface area contributed by atoms with Crippen LogP contribution in [0.4, 0.5) is 0 Å². The van der Waals surface area contributed by atoms with Crippen LogP contribution in [0.3, 0.4) is 0 Å². The molecule has 3 unspecified atom stereocenters. The van der Waals surface area contributed by atoms with Crippen molar-refractivity contribution in [1.29, 1.82) is 0 Å². The molecule has 1 aliphatic heterocycles. The Morgan fingerprint density at radius 3 is 2.81 bits per heavy atom. The molecular formula is C18H29BrN2. The van der Waals surface area contributed by atoms with Crippen LogP contribution >= 0.6 is 15.9 Å². The first-order chi connectivity index (χ1) is 10.1. The molecule has 1 fully saturated rings. The van der Waals surface area contributed by atoms with Crippen molar-refractivity contribution in [3.63, 3.8) is 0 Å². The zero-order chi connectivity index (χ0) is 15.2. The van der Waals surface area contributed by atoms with Gasteiger partial charge in [-0.05, 0) is 62.9 Å². The molecule has 0 bridgehead atoms. The summed E-state index contributed by atoms with van der Waals surface area (Å²) in [5.41, 5.74) is 7.68. The van der Waals surface area contributed by atoms with E-state index in [1.54, 1.807) is 0 Å². The highest BCUT2D eigenvalue weighted by atomic mass is 79.9. The maximum Gasteiger partial charge on any atom is 0.0496 e. The SMILES string of the molecule is CCCC1CCCN(C(c2cccc(Br)c2)C(C)N)CC1. The number of halogens is 1. The molecule has 2 nitrogen and oxygen atoms in total. The van der Waals surface area contributed by atoms with Crippen LogP contribution in [-0.2, 0) is 0 Å². The Balaban J connectivity index is 2.11. The van der Waals surface area contributed by atoms with Crippen molar-refractivity contribution in [2.24, 2.45) is 11.7 Å². The third kappa shape index (κ3) is 4.80. The summed E-state index contributed by atoms with van der Waals surface area (Å²) in [6, 6.07) is 9.13. The van der Waals surface area contributed by atoms with Crippen LogP contribution in [0.15, 0.2) is 28.7 Å². The minimum absolute atomic E-state index is 0.155. The molecular weight excluding hydrogens is 324 g/mol. The van der Waals surface area contributed by atoms with E-state index in [1.807, 2.05) is 0 Å². The zero-order valence-electron chi connectivity index (χ0n) is 13.4. The minimum Gasteiger partial charge on any atom is -0.326 e. The molecule has 2 rings (SSSR count). The molecule has 3 heteroatoms. The van der Waals surface area contributed by atoms with E-state index in [0.29, 0.717) is 6.04 Å². The number of likely N-dealkylation sites (tertiary alicyclic amines) is 1. The fourth-order valence-corrected chi connectivity index (χ4v) is 4.12. The molecule has 21 heavy (non-hydrogen) atoms. The van der Waals surface area contributed by atoms with Gasteiger partial charge in [0, 0.05) is 16.6 Å². The van der Waals surface area contributed by atoms with Gasteiger partial charge in [0.15, 0.2) is 0 Å². The number of nitrogens with zero attached hydrogens (tertiary/aromatic N) is 1. The monoisotopic (exact) mass is 352 g/mol. The highest BCUT2D eigenvalue weighted by Gasteiger charge is 2.26. The van der Waals surface area contributed by atoms with Crippen molar-refractivity contribution < 1.29 is 0 Å². The standard InChI is InChI=1S/C18H29BrN2/c1-3-6-15-7-5-11-21(12-10-15)18(14(2)20)16-8-4-9-17(19)13-16/h4,8-9,13-15,18H,3,5-7,10-12,20H2,1-2H3. The summed E-state index contributed by atoms with van der Waals surface area (Å²) in [6.45, 7) is 6.80. The molecule has 1 heterocycles. The molecule has 1 aliphatic rings. The first-order valence-electron chi connectivity index (χ1n) is 8.37. The summed E-state index contributed by atoms with van der Waals surface area (Å²) >= 11 is 3.59. The quantitative estimate of drug-likeness (QED) is 0.828. The molecule has 0 radical (unpaired) electrons. The van der Waals surface area contributed by atoms with Gasteiger partial charge in [0.25, 0.3) is 0 Å². The average molecular weight is 353 g/mol. The van der Waals surface area contributed by atoms with E-state index in [2.05, 4.69) is 58.9 Å². The second kappa shape index (κ2) is 8.30. The van der Waals surface area contributed by atoms with E-state index in [1.165, 1.54) is 50.8 Å². The molecule has 0 amide bonds. The second-order valence-electron chi connectivity index (χ2n) is 6.48. The summed E-state index contributed by atoms with van der Waals surface area (Å²) in [4.78, 5) is 2.61. The van der Waals surface area contributed by atoms with Gasteiger partial charge in [-0.25, -0.2) is 0 Å². The fraction of sp³-hybridized carbons (Fsp3) is 0.667. The van der Waals surface area contributed by atoms with Crippen LogP contribution < -0.4 is 5.73 Å². The largest absolute Gasteiger partial charge is 0.326 e. The van der Waals surface area contributed by atoms with E-state index < -0.39 is 0 Å². The van der Waals surface area contributed by atoms with Gasteiger partial charge >= 0.3 is 0 Å². The number of benzene rings is 1. The number of nitrogens with two attached hydrogens (primary N) is 1. The summed E-state index contributed by atoms with van der Waals surface area (Å²) < 4.78 is 1.14. The first kappa shape index (κ1) is 17.0. The topological polar surface area (TPSA) is 29.3 Å². The lowest BCUT2D eigenvalue weighted by Crippen LogP contribution is -2.40. The van der Waals surface area contributed by atoms with E-state index in [0.717, 1.165) is 10.4 Å². The predicted octanol–water partition coefficient (Wildman–Crippen LogP) is 4.74. The Bertz CT molecular complexity index is 433. The first-order valence-corrected chi connectivity index (χ1v) is 9.16. The molecule has 1 aromatic carbocycles. The number of hydrogen-bond acceptors (Lipinski definition) is 2. The second-order valence-corrected chi connectivity index (χ2v) is 7.40. The highest BCUT2D eigenvalue weighted by Crippen LogP contribution is 2.30. The lowest BCUT2D eigenvalue weighted by Gasteiger charge is -2.34. The fourth-order valence-electron chi connectivity index (χ4n) is 3.70. The Hall–Kier alpha value is -0.380. The lowest BCUT2D eigenvalue weighted by molar-refractivity contribution is 0.180. The van der Waals surface area contributed by atoms with Crippen molar-refractivity contribution in [2.75, 3.05) is 13.1 Å². The third-order valence-electron chi connectivity index (χ3n) is 4.66. The summed E-state index contributed by atoms with van der Waals surface area (Å²) in [6.07, 6.45) is 6.71. The Morgan fingerprint density at radius 2 is 2.14 bits per heavy atom. The van der Waals surface area contributed by atoms with Gasteiger partial charge in [-0.15, -0.1) is 0 Å². The van der Waals surface area contributed by atoms with Crippen molar-refractivity contribution in [1.82, 2.24) is 4.90 Å². The van der Waals surface area contributed by atoms with E-state index in [4.69, 9.17) is 5.73 Å². The molecule has 2 N–H and O–H groups in total. The van der Waals surface area contributed by atoms with Gasteiger partial charge in [0.2, 0.25) is 0 Å². The van der Waals surface area contributed by atoms with Crippen molar-refractivity contribution in [2.45, 2.75) is 58.0 Å². The van der Waals surface area contributed by atoms with Gasteiger partial charge in [-0.1, -0.05) is 47.8 Å². The van der Waals surface area contributed by atoms with Crippen LogP contribution in [0, 0.1) is 5.92 Å². The third-order valence-corrected chi connectivity index (χ3v) is 5.15. The Kier molecular flexibility index (Phi) is 6.72. The number of rotatable bonds is 5. The van der Waals surface area contributed by atoms with Crippen LogP contribution in [-0.4, -0.2) is 24.0 Å². The highest BCUT2D eigenvalue weighted by molar-refractivity contribution is 9.10. The maximum absolute atomic E-state index is 6.34. The molecule has 3 atom stereocenters. The zero-order valence-corrected chi connectivity index (χ0v) is 15.0. The van der Waals surface area contributed by atoms with Gasteiger partial charge in [0.1, 0.15) is 0 Å². The van der Waals surface area contributed by atoms with Crippen LogP contribution in [0.25, 0.3) is 0 Å². The summed E-state index contributed by atoms with van der Waals surface area (Å²) in [7, 11) is 0. The molecule has 1 aromatic rings. The summed E-state index contributed by atoms with van der Waals surface area (Å²) in [5, 5.41) is 0. The Morgan fingerprint density at radius 1 is 1.33 bits per heavy atom. The maximum atomic E-state index is 6.34. The van der Waals surface area contributed by atoms with Crippen molar-refractivity contribution in [3.8, 4) is 0 Å². The number of hydrogen-bond donors (Lipinski definition) is 1. The van der Waals surface area contributed by atoms with Gasteiger partial charge in [0.05, 0.1) is 0 Å². The minimum atomic E-state index is 0.155. The molecule has 0 spiro atoms. The molecule has 0 aromatic heterocycles. The van der Waals surface area contributed by atoms with Gasteiger partial charge < -0.3 is 5.73 Å². The van der Waals surface area contributed by atoms with E-state index in [9.17, 15) is 0 Å². The normalized spacial score (nSPS) is 23.5. The van der Waals surface area contributed by atoms with Gasteiger partial charge in [-0.3, -0.25) is 4.90 Å². The molecule has 118 valence electrons. The smallest absolute Gasteiger partial charge is 0.0496 e. The molecule has 1 saturated heterocycles. The predicted molar refractivity (Wildman–Crippen MR) is 94.4 cm³/mol. The van der Waals surface area contributed by atoms with E-state index in [-0.39, 0.29) is 6.04 Å². The van der Waals surface area contributed by atoms with Crippen LogP contribution in [0.2, 0.25) is 0 Å². The van der Waals surface area contributed by atoms with Gasteiger partial charge in [-0.2, -0.15) is 0 Å². The molecule has 0 aliphatic carbocycles. The lowest BCUT2D eigenvalue weighted by atomic mass is 9.95. The van der Waals surface area contributed by atoms with Crippen LogP contribution in [0.1, 0.15) is 57.6 Å². The molecule has 0 saturated carbocycles. The van der Waals surface area contributed by atoms with Crippen molar-refractivity contribution in [3.05, 3.63) is 34.3 Å². The Labute approximate surface area is 138 Å². The average Bonchev–Trinajstić information content (AvgIpc) is 2.65.